The first-order chi connectivity index (χ1) is 15.0. The molecule has 2 unspecified atom stereocenters. The van der Waals surface area contributed by atoms with Gasteiger partial charge in [-0.3, -0.25) is 14.4 Å². The minimum absolute atomic E-state index is 0.109. The van der Waals surface area contributed by atoms with E-state index in [4.69, 9.17) is 17.3 Å². The van der Waals surface area contributed by atoms with Crippen molar-refractivity contribution < 1.29 is 24.3 Å². The van der Waals surface area contributed by atoms with Gasteiger partial charge in [-0.05, 0) is 43.9 Å². The van der Waals surface area contributed by atoms with Crippen molar-refractivity contribution in [2.45, 2.75) is 71.5 Å². The number of carbonyl (C=O) groups excluding carboxylic acids is 3. The zero-order valence-corrected chi connectivity index (χ0v) is 19.7. The summed E-state index contributed by atoms with van der Waals surface area (Å²) in [5.41, 5.74) is 5.94. The lowest BCUT2D eigenvalue weighted by Crippen LogP contribution is -2.54. The van der Waals surface area contributed by atoms with Crippen molar-refractivity contribution in [1.82, 2.24) is 10.6 Å². The van der Waals surface area contributed by atoms with E-state index in [2.05, 4.69) is 16.0 Å². The molecule has 1 aromatic carbocycles. The summed E-state index contributed by atoms with van der Waals surface area (Å²) in [6.45, 7) is 7.62. The largest absolute Gasteiger partial charge is 0.480 e. The van der Waals surface area contributed by atoms with E-state index in [0.717, 1.165) is 6.42 Å². The van der Waals surface area contributed by atoms with Crippen LogP contribution in [0.25, 0.3) is 0 Å². The SMILES string of the molecule is CCC(C)Nc1ccc(Cl)cc1C(=O)N[C@H](C(=O)N[C@@H](CCC(N)=O)C(=O)O)C(C)CC. The average molecular weight is 469 g/mol. The van der Waals surface area contributed by atoms with Crippen LogP contribution in [0.4, 0.5) is 5.69 Å². The molecule has 6 N–H and O–H groups in total. The lowest BCUT2D eigenvalue weighted by atomic mass is 9.97. The van der Waals surface area contributed by atoms with E-state index in [0.29, 0.717) is 17.1 Å². The molecule has 3 amide bonds. The van der Waals surface area contributed by atoms with Crippen LogP contribution in [0.2, 0.25) is 5.02 Å². The van der Waals surface area contributed by atoms with Crippen LogP contribution in [0, 0.1) is 5.92 Å². The maximum atomic E-state index is 13.1. The molecule has 10 heteroatoms. The molecule has 4 atom stereocenters. The van der Waals surface area contributed by atoms with Crippen molar-refractivity contribution >= 4 is 41.0 Å². The van der Waals surface area contributed by atoms with Crippen LogP contribution in [0.5, 0.6) is 0 Å². The average Bonchev–Trinajstić information content (AvgIpc) is 2.74. The zero-order valence-electron chi connectivity index (χ0n) is 18.9. The molecule has 0 saturated carbocycles. The van der Waals surface area contributed by atoms with Gasteiger partial charge < -0.3 is 26.8 Å². The molecule has 0 bridgehead atoms. The summed E-state index contributed by atoms with van der Waals surface area (Å²) < 4.78 is 0. The second kappa shape index (κ2) is 12.9. The Hall–Kier alpha value is -2.81. The van der Waals surface area contributed by atoms with E-state index in [1.165, 1.54) is 6.07 Å². The van der Waals surface area contributed by atoms with Crippen LogP contribution >= 0.6 is 11.6 Å². The molecule has 0 aliphatic rings. The van der Waals surface area contributed by atoms with Crippen molar-refractivity contribution in [3.63, 3.8) is 0 Å². The predicted molar refractivity (Wildman–Crippen MR) is 124 cm³/mol. The van der Waals surface area contributed by atoms with Crippen molar-refractivity contribution in [3.05, 3.63) is 28.8 Å². The number of benzene rings is 1. The van der Waals surface area contributed by atoms with Gasteiger partial charge in [-0.25, -0.2) is 4.79 Å². The fourth-order valence-corrected chi connectivity index (χ4v) is 3.10. The lowest BCUT2D eigenvalue weighted by Gasteiger charge is -2.26. The molecule has 1 aromatic rings. The number of primary amides is 1. The Morgan fingerprint density at radius 1 is 1.09 bits per heavy atom. The molecular weight excluding hydrogens is 436 g/mol. The monoisotopic (exact) mass is 468 g/mol. The Balaban J connectivity index is 3.10. The second-order valence-corrected chi connectivity index (χ2v) is 8.32. The standard InChI is InChI=1S/C22H33ClN4O5/c1-5-12(3)19(21(30)26-17(22(31)32)9-10-18(24)28)27-20(29)15-11-14(23)7-8-16(15)25-13(4)6-2/h7-8,11-13,17,19,25H,5-6,9-10H2,1-4H3,(H2,24,28)(H,26,30)(H,27,29)(H,31,32)/t12?,13?,17-,19-/m0/s1. The number of anilines is 1. The number of hydrogen-bond acceptors (Lipinski definition) is 5. The maximum absolute atomic E-state index is 13.1. The Bertz CT molecular complexity index is 833. The number of rotatable bonds is 13. The maximum Gasteiger partial charge on any atom is 0.326 e. The van der Waals surface area contributed by atoms with Gasteiger partial charge in [0.25, 0.3) is 5.91 Å². The molecule has 0 aromatic heterocycles. The minimum Gasteiger partial charge on any atom is -0.480 e. The minimum atomic E-state index is -1.30. The van der Waals surface area contributed by atoms with E-state index in [-0.39, 0.29) is 30.4 Å². The smallest absolute Gasteiger partial charge is 0.326 e. The van der Waals surface area contributed by atoms with Crippen LogP contribution in [0.15, 0.2) is 18.2 Å². The highest BCUT2D eigenvalue weighted by Gasteiger charge is 2.30. The highest BCUT2D eigenvalue weighted by Crippen LogP contribution is 2.23. The first-order valence-electron chi connectivity index (χ1n) is 10.7. The lowest BCUT2D eigenvalue weighted by molar-refractivity contribution is -0.142. The fourth-order valence-electron chi connectivity index (χ4n) is 2.92. The van der Waals surface area contributed by atoms with Crippen molar-refractivity contribution in [1.29, 1.82) is 0 Å². The van der Waals surface area contributed by atoms with Crippen molar-refractivity contribution in [3.8, 4) is 0 Å². The highest BCUT2D eigenvalue weighted by atomic mass is 35.5. The van der Waals surface area contributed by atoms with Crippen LogP contribution in [0.1, 0.15) is 63.7 Å². The van der Waals surface area contributed by atoms with E-state index in [1.54, 1.807) is 19.1 Å². The van der Waals surface area contributed by atoms with E-state index in [9.17, 15) is 24.3 Å². The zero-order chi connectivity index (χ0) is 24.4. The quantitative estimate of drug-likeness (QED) is 0.300. The van der Waals surface area contributed by atoms with Gasteiger partial charge in [0.15, 0.2) is 0 Å². The third-order valence-electron chi connectivity index (χ3n) is 5.32. The van der Waals surface area contributed by atoms with Gasteiger partial charge in [0.05, 0.1) is 5.56 Å². The first kappa shape index (κ1) is 27.2. The molecule has 32 heavy (non-hydrogen) atoms. The van der Waals surface area contributed by atoms with Crippen LogP contribution in [-0.4, -0.2) is 46.9 Å². The molecule has 0 fully saturated rings. The van der Waals surface area contributed by atoms with Gasteiger partial charge in [-0.2, -0.15) is 0 Å². The number of nitrogens with one attached hydrogen (secondary N) is 3. The predicted octanol–water partition coefficient (Wildman–Crippen LogP) is 2.53. The van der Waals surface area contributed by atoms with E-state index in [1.807, 2.05) is 20.8 Å². The molecule has 0 aliphatic heterocycles. The Kier molecular flexibility index (Phi) is 11.0. The normalized spacial score (nSPS) is 14.5. The Morgan fingerprint density at radius 3 is 2.28 bits per heavy atom. The molecule has 1 rings (SSSR count). The first-order valence-corrected chi connectivity index (χ1v) is 11.1. The number of aliphatic carboxylic acids is 1. The van der Waals surface area contributed by atoms with Crippen molar-refractivity contribution in [2.75, 3.05) is 5.32 Å². The van der Waals surface area contributed by atoms with E-state index < -0.39 is 35.8 Å². The van der Waals surface area contributed by atoms with Gasteiger partial charge in [0, 0.05) is 23.2 Å². The number of carboxylic acid groups (broad SMARTS) is 1. The molecular formula is C22H33ClN4O5. The molecule has 0 aliphatic carbocycles. The highest BCUT2D eigenvalue weighted by molar-refractivity contribution is 6.31. The summed E-state index contributed by atoms with van der Waals surface area (Å²) in [5, 5.41) is 18.1. The summed E-state index contributed by atoms with van der Waals surface area (Å²) in [6.07, 6.45) is 1.06. The number of hydrogen-bond donors (Lipinski definition) is 5. The number of carboxylic acids is 1. The Morgan fingerprint density at radius 2 is 1.75 bits per heavy atom. The Labute approximate surface area is 193 Å². The van der Waals surface area contributed by atoms with Gasteiger partial charge in [0.1, 0.15) is 12.1 Å². The number of carbonyl (C=O) groups is 4. The summed E-state index contributed by atoms with van der Waals surface area (Å²) in [4.78, 5) is 48.5. The summed E-state index contributed by atoms with van der Waals surface area (Å²) in [7, 11) is 0. The van der Waals surface area contributed by atoms with Gasteiger partial charge in [-0.1, -0.05) is 38.8 Å². The molecule has 0 saturated heterocycles. The summed E-state index contributed by atoms with van der Waals surface area (Å²) in [6, 6.07) is 2.70. The summed E-state index contributed by atoms with van der Waals surface area (Å²) >= 11 is 6.09. The van der Waals surface area contributed by atoms with Gasteiger partial charge in [0.2, 0.25) is 11.8 Å². The third kappa shape index (κ3) is 8.37. The van der Waals surface area contributed by atoms with E-state index >= 15 is 0 Å². The van der Waals surface area contributed by atoms with Crippen molar-refractivity contribution in [2.24, 2.45) is 11.7 Å². The fraction of sp³-hybridized carbons (Fsp3) is 0.545. The number of halogens is 1. The van der Waals surface area contributed by atoms with Gasteiger partial charge in [-0.15, -0.1) is 0 Å². The topological polar surface area (TPSA) is 151 Å². The second-order valence-electron chi connectivity index (χ2n) is 7.88. The number of nitrogens with two attached hydrogens (primary N) is 1. The molecule has 9 nitrogen and oxygen atoms in total. The number of amides is 3. The molecule has 0 spiro atoms. The molecule has 0 heterocycles. The van der Waals surface area contributed by atoms with Crippen LogP contribution in [0.3, 0.4) is 0 Å². The molecule has 0 radical (unpaired) electrons. The third-order valence-corrected chi connectivity index (χ3v) is 5.55. The van der Waals surface area contributed by atoms with Crippen LogP contribution in [-0.2, 0) is 14.4 Å². The van der Waals surface area contributed by atoms with Crippen LogP contribution < -0.4 is 21.7 Å². The summed E-state index contributed by atoms with van der Waals surface area (Å²) in [5.74, 6) is -3.40. The molecule has 178 valence electrons. The van der Waals surface area contributed by atoms with Gasteiger partial charge >= 0.3 is 5.97 Å².